The molecule has 0 aromatic heterocycles. The zero-order valence-corrected chi connectivity index (χ0v) is 23.2. The Labute approximate surface area is 228 Å². The van der Waals surface area contributed by atoms with Crippen LogP contribution in [0, 0.1) is 13.8 Å². The molecule has 1 amide bonds. The predicted octanol–water partition coefficient (Wildman–Crippen LogP) is 6.98. The SMILES string of the molecule is CCOc1ccc(/C(O)=C2/C(=O)C(=O)N(c3ccc(C)c(C)c3)C2c2ccc(O)c(Cl)c2)cc1C(C)(C)C. The fourth-order valence-electron chi connectivity index (χ4n) is 4.68. The summed E-state index contributed by atoms with van der Waals surface area (Å²) in [5, 5.41) is 21.7. The second-order valence-electron chi connectivity index (χ2n) is 10.5. The molecule has 3 aromatic rings. The Bertz CT molecular complexity index is 1470. The number of ether oxygens (including phenoxy) is 1. The zero-order chi connectivity index (χ0) is 27.9. The quantitative estimate of drug-likeness (QED) is 0.210. The summed E-state index contributed by atoms with van der Waals surface area (Å²) in [6.45, 7) is 12.4. The average Bonchev–Trinajstić information content (AvgIpc) is 3.12. The number of aryl methyl sites for hydroxylation is 2. The van der Waals surface area contributed by atoms with Gasteiger partial charge in [0.15, 0.2) is 0 Å². The number of phenolic OH excluding ortho intramolecular Hbond substituents is 1. The summed E-state index contributed by atoms with van der Waals surface area (Å²) in [6.07, 6.45) is 0. The van der Waals surface area contributed by atoms with Crippen LogP contribution < -0.4 is 9.64 Å². The van der Waals surface area contributed by atoms with E-state index in [2.05, 4.69) is 0 Å². The molecule has 6 nitrogen and oxygen atoms in total. The van der Waals surface area contributed by atoms with Gasteiger partial charge in [0.2, 0.25) is 0 Å². The number of Topliss-reactive ketones (excluding diaryl/α,β-unsaturated/α-hetero) is 1. The molecule has 0 saturated carbocycles. The van der Waals surface area contributed by atoms with Gasteiger partial charge in [-0.2, -0.15) is 0 Å². The molecule has 1 aliphatic heterocycles. The minimum atomic E-state index is -0.958. The third kappa shape index (κ3) is 4.88. The van der Waals surface area contributed by atoms with Crippen molar-refractivity contribution in [3.63, 3.8) is 0 Å². The van der Waals surface area contributed by atoms with Crippen LogP contribution in [0.4, 0.5) is 5.69 Å². The molecule has 0 aliphatic carbocycles. The molecule has 0 bridgehead atoms. The van der Waals surface area contributed by atoms with E-state index >= 15 is 0 Å². The smallest absolute Gasteiger partial charge is 0.300 e. The molecule has 0 spiro atoms. The molecule has 1 fully saturated rings. The molecular weight excluding hydrogens is 502 g/mol. The zero-order valence-electron chi connectivity index (χ0n) is 22.4. The molecule has 1 heterocycles. The normalized spacial score (nSPS) is 17.2. The maximum absolute atomic E-state index is 13.5. The summed E-state index contributed by atoms with van der Waals surface area (Å²) >= 11 is 6.24. The van der Waals surface area contributed by atoms with Gasteiger partial charge in [-0.1, -0.05) is 44.5 Å². The van der Waals surface area contributed by atoms with Gasteiger partial charge in [0.1, 0.15) is 17.3 Å². The Kier molecular flexibility index (Phi) is 7.31. The Morgan fingerprint density at radius 1 is 1.00 bits per heavy atom. The van der Waals surface area contributed by atoms with E-state index < -0.39 is 17.7 Å². The number of ketones is 1. The third-order valence-corrected chi connectivity index (χ3v) is 7.16. The monoisotopic (exact) mass is 533 g/mol. The first kappa shape index (κ1) is 27.3. The number of hydrogen-bond acceptors (Lipinski definition) is 5. The lowest BCUT2D eigenvalue weighted by Crippen LogP contribution is -2.29. The van der Waals surface area contributed by atoms with Gasteiger partial charge in [0.05, 0.1) is 23.2 Å². The van der Waals surface area contributed by atoms with Crippen LogP contribution in [-0.2, 0) is 15.0 Å². The fourth-order valence-corrected chi connectivity index (χ4v) is 4.87. The molecule has 1 atom stereocenters. The lowest BCUT2D eigenvalue weighted by atomic mass is 9.84. The van der Waals surface area contributed by atoms with Gasteiger partial charge in [-0.3, -0.25) is 14.5 Å². The topological polar surface area (TPSA) is 87.1 Å². The minimum absolute atomic E-state index is 0.0565. The van der Waals surface area contributed by atoms with Crippen LogP contribution in [-0.4, -0.2) is 28.5 Å². The van der Waals surface area contributed by atoms with E-state index in [1.807, 2.05) is 53.7 Å². The summed E-state index contributed by atoms with van der Waals surface area (Å²) in [5.41, 5.74) is 3.88. The first-order chi connectivity index (χ1) is 17.8. The molecule has 7 heteroatoms. The molecule has 1 aliphatic rings. The highest BCUT2D eigenvalue weighted by molar-refractivity contribution is 6.51. The van der Waals surface area contributed by atoms with E-state index in [1.165, 1.54) is 17.0 Å². The number of benzene rings is 3. The fraction of sp³-hybridized carbons (Fsp3) is 0.290. The first-order valence-electron chi connectivity index (χ1n) is 12.5. The van der Waals surface area contributed by atoms with Crippen LogP contribution >= 0.6 is 11.6 Å². The van der Waals surface area contributed by atoms with E-state index in [1.54, 1.807) is 30.3 Å². The molecule has 2 N–H and O–H groups in total. The highest BCUT2D eigenvalue weighted by atomic mass is 35.5. The van der Waals surface area contributed by atoms with Crippen molar-refractivity contribution in [3.8, 4) is 11.5 Å². The summed E-state index contributed by atoms with van der Waals surface area (Å²) in [5.74, 6) is -1.29. The van der Waals surface area contributed by atoms with Crippen molar-refractivity contribution in [1.82, 2.24) is 0 Å². The number of aromatic hydroxyl groups is 1. The van der Waals surface area contributed by atoms with Crippen LogP contribution in [0.2, 0.25) is 5.02 Å². The van der Waals surface area contributed by atoms with Gasteiger partial charge >= 0.3 is 0 Å². The predicted molar refractivity (Wildman–Crippen MR) is 150 cm³/mol. The molecule has 1 saturated heterocycles. The second kappa shape index (κ2) is 10.2. The summed E-state index contributed by atoms with van der Waals surface area (Å²) in [4.78, 5) is 28.4. The number of amides is 1. The van der Waals surface area contributed by atoms with Crippen molar-refractivity contribution in [2.45, 2.75) is 53.0 Å². The van der Waals surface area contributed by atoms with Gasteiger partial charge < -0.3 is 14.9 Å². The number of hydrogen-bond donors (Lipinski definition) is 2. The number of carbonyl (C=O) groups excluding carboxylic acids is 2. The van der Waals surface area contributed by atoms with E-state index in [0.717, 1.165) is 16.7 Å². The molecule has 4 rings (SSSR count). The molecule has 0 radical (unpaired) electrons. The first-order valence-corrected chi connectivity index (χ1v) is 12.9. The number of carbonyl (C=O) groups is 2. The standard InChI is InChI=1S/C31H32ClNO5/c1-7-38-25-13-10-20(15-22(25)31(4,5)6)28(35)26-27(19-9-12-24(34)23(32)16-19)33(30(37)29(26)36)21-11-8-17(2)18(3)14-21/h8-16,27,34-35H,7H2,1-6H3/b28-26-. The van der Waals surface area contributed by atoms with Gasteiger partial charge in [-0.05, 0) is 85.3 Å². The van der Waals surface area contributed by atoms with E-state index in [-0.39, 0.29) is 27.5 Å². The Morgan fingerprint density at radius 2 is 1.71 bits per heavy atom. The van der Waals surface area contributed by atoms with Crippen molar-refractivity contribution >= 4 is 34.7 Å². The van der Waals surface area contributed by atoms with Crippen LogP contribution in [0.25, 0.3) is 5.76 Å². The Balaban J connectivity index is 1.98. The van der Waals surface area contributed by atoms with Crippen molar-refractivity contribution in [1.29, 1.82) is 0 Å². The number of aliphatic hydroxyl groups is 1. The average molecular weight is 534 g/mol. The van der Waals surface area contributed by atoms with Crippen molar-refractivity contribution in [2.24, 2.45) is 0 Å². The van der Waals surface area contributed by atoms with E-state index in [0.29, 0.717) is 29.2 Å². The van der Waals surface area contributed by atoms with E-state index in [4.69, 9.17) is 16.3 Å². The van der Waals surface area contributed by atoms with Gasteiger partial charge in [0.25, 0.3) is 11.7 Å². The summed E-state index contributed by atoms with van der Waals surface area (Å²) in [7, 11) is 0. The van der Waals surface area contributed by atoms with Crippen molar-refractivity contribution in [2.75, 3.05) is 11.5 Å². The summed E-state index contributed by atoms with van der Waals surface area (Å²) in [6, 6.07) is 14.3. The van der Waals surface area contributed by atoms with Crippen LogP contribution in [0.15, 0.2) is 60.2 Å². The van der Waals surface area contributed by atoms with Crippen LogP contribution in [0.5, 0.6) is 11.5 Å². The second-order valence-corrected chi connectivity index (χ2v) is 10.9. The Morgan fingerprint density at radius 3 is 2.32 bits per heavy atom. The number of nitrogens with zero attached hydrogens (tertiary/aromatic N) is 1. The molecule has 3 aromatic carbocycles. The molecule has 198 valence electrons. The lowest BCUT2D eigenvalue weighted by molar-refractivity contribution is -0.132. The van der Waals surface area contributed by atoms with Crippen LogP contribution in [0.1, 0.15) is 61.6 Å². The van der Waals surface area contributed by atoms with E-state index in [9.17, 15) is 19.8 Å². The third-order valence-electron chi connectivity index (χ3n) is 6.86. The number of aliphatic hydroxyl groups excluding tert-OH is 1. The maximum Gasteiger partial charge on any atom is 0.300 e. The minimum Gasteiger partial charge on any atom is -0.507 e. The van der Waals surface area contributed by atoms with Crippen molar-refractivity contribution < 1.29 is 24.5 Å². The number of anilines is 1. The number of phenols is 1. The van der Waals surface area contributed by atoms with Gasteiger partial charge in [0, 0.05) is 16.8 Å². The number of rotatable bonds is 5. The van der Waals surface area contributed by atoms with Crippen molar-refractivity contribution in [3.05, 3.63) is 93.0 Å². The lowest BCUT2D eigenvalue weighted by Gasteiger charge is -2.27. The highest BCUT2D eigenvalue weighted by Crippen LogP contribution is 2.44. The molecule has 1 unspecified atom stereocenters. The largest absolute Gasteiger partial charge is 0.507 e. The van der Waals surface area contributed by atoms with Gasteiger partial charge in [-0.15, -0.1) is 0 Å². The number of halogens is 1. The maximum atomic E-state index is 13.5. The molecular formula is C31H32ClNO5. The van der Waals surface area contributed by atoms with Crippen LogP contribution in [0.3, 0.4) is 0 Å². The summed E-state index contributed by atoms with van der Waals surface area (Å²) < 4.78 is 5.81. The molecule has 38 heavy (non-hydrogen) atoms. The highest BCUT2D eigenvalue weighted by Gasteiger charge is 2.47. The Hall–Kier alpha value is -3.77. The van der Waals surface area contributed by atoms with Gasteiger partial charge in [-0.25, -0.2) is 0 Å².